The number of aliphatic hydroxyl groups excluding tert-OH is 1. The highest BCUT2D eigenvalue weighted by atomic mass is 19.3. The van der Waals surface area contributed by atoms with Gasteiger partial charge in [0.05, 0.1) is 17.4 Å². The predicted octanol–water partition coefficient (Wildman–Crippen LogP) is 2.15. The number of nitrogens with one attached hydrogen (secondary N) is 1. The lowest BCUT2D eigenvalue weighted by Crippen LogP contribution is -2.24. The summed E-state index contributed by atoms with van der Waals surface area (Å²) in [6, 6.07) is 3.49. The molecule has 1 atom stereocenters. The van der Waals surface area contributed by atoms with E-state index in [4.69, 9.17) is 4.74 Å². The topological polar surface area (TPSA) is 102 Å². The van der Waals surface area contributed by atoms with Gasteiger partial charge < -0.3 is 15.2 Å². The van der Waals surface area contributed by atoms with Gasteiger partial charge in [-0.3, -0.25) is 9.48 Å². The zero-order valence-electron chi connectivity index (χ0n) is 15.3. The minimum absolute atomic E-state index is 0.169. The van der Waals surface area contributed by atoms with Crippen LogP contribution < -0.4 is 10.1 Å². The van der Waals surface area contributed by atoms with Crippen LogP contribution in [0.1, 0.15) is 18.1 Å². The number of hydrogen-bond donors (Lipinski definition) is 2. The Morgan fingerprint density at radius 1 is 1.39 bits per heavy atom. The van der Waals surface area contributed by atoms with E-state index in [1.165, 1.54) is 19.3 Å². The summed E-state index contributed by atoms with van der Waals surface area (Å²) in [6.45, 7) is 2.76. The second-order valence-electron chi connectivity index (χ2n) is 6.25. The minimum atomic E-state index is -2.56. The maximum absolute atomic E-state index is 12.3. The quantitative estimate of drug-likeness (QED) is 0.640. The lowest BCUT2D eigenvalue weighted by atomic mass is 10.2. The molecule has 3 aromatic rings. The summed E-state index contributed by atoms with van der Waals surface area (Å²) in [7, 11) is 0. The van der Waals surface area contributed by atoms with Crippen LogP contribution >= 0.6 is 0 Å². The smallest absolute Gasteiger partial charge is 0.272 e. The third kappa shape index (κ3) is 4.58. The third-order valence-corrected chi connectivity index (χ3v) is 3.88. The Balaban J connectivity index is 1.79. The van der Waals surface area contributed by atoms with E-state index in [2.05, 4.69) is 20.4 Å². The fraction of sp³-hybridized carbons (Fsp3) is 0.333. The number of hydrogen-bond acceptors (Lipinski definition) is 6. The van der Waals surface area contributed by atoms with Crippen molar-refractivity contribution in [3.63, 3.8) is 0 Å². The number of alkyl halides is 2. The van der Waals surface area contributed by atoms with Gasteiger partial charge >= 0.3 is 0 Å². The number of halogens is 2. The lowest BCUT2D eigenvalue weighted by molar-refractivity contribution is -0.123. The largest absolute Gasteiger partial charge is 0.471 e. The number of carbonyl (C=O) groups is 1. The number of carbonyl (C=O) groups excluding carboxylic acids is 1. The number of ether oxygens (including phenoxy) is 1. The summed E-state index contributed by atoms with van der Waals surface area (Å²) < 4.78 is 31.2. The molecule has 8 nitrogen and oxygen atoms in total. The van der Waals surface area contributed by atoms with Crippen molar-refractivity contribution in [2.45, 2.75) is 32.9 Å². The number of aromatic nitrogens is 4. The van der Waals surface area contributed by atoms with Gasteiger partial charge in [0.2, 0.25) is 5.88 Å². The van der Waals surface area contributed by atoms with Crippen molar-refractivity contribution in [3.8, 4) is 5.88 Å². The second kappa shape index (κ2) is 8.26. The maximum Gasteiger partial charge on any atom is 0.272 e. The molecule has 0 radical (unpaired) electrons. The molecule has 0 fully saturated rings. The average molecular weight is 391 g/mol. The summed E-state index contributed by atoms with van der Waals surface area (Å²) in [5.74, 6) is -0.0892. The van der Waals surface area contributed by atoms with Gasteiger partial charge in [-0.05, 0) is 31.5 Å². The van der Waals surface area contributed by atoms with E-state index in [1.807, 2.05) is 0 Å². The van der Waals surface area contributed by atoms with Crippen LogP contribution in [0.5, 0.6) is 5.88 Å². The average Bonchev–Trinajstić information content (AvgIpc) is 3.04. The highest BCUT2D eigenvalue weighted by Crippen LogP contribution is 2.21. The number of fused-ring (bicyclic) bond motifs is 1. The van der Waals surface area contributed by atoms with Crippen molar-refractivity contribution in [1.29, 1.82) is 0 Å². The van der Waals surface area contributed by atoms with Gasteiger partial charge in [0, 0.05) is 24.2 Å². The van der Waals surface area contributed by atoms with Crippen LogP contribution in [-0.4, -0.2) is 49.9 Å². The number of aliphatic hydroxyl groups is 1. The van der Waals surface area contributed by atoms with E-state index in [0.29, 0.717) is 28.8 Å². The van der Waals surface area contributed by atoms with Crippen LogP contribution in [0, 0.1) is 6.92 Å². The van der Waals surface area contributed by atoms with Crippen LogP contribution in [0.25, 0.3) is 10.9 Å². The van der Waals surface area contributed by atoms with E-state index in [0.717, 1.165) is 5.56 Å². The van der Waals surface area contributed by atoms with Crippen molar-refractivity contribution in [2.75, 3.05) is 11.9 Å². The molecule has 0 spiro atoms. The molecule has 3 aromatic heterocycles. The fourth-order valence-electron chi connectivity index (χ4n) is 2.58. The van der Waals surface area contributed by atoms with E-state index >= 15 is 0 Å². The molecule has 0 aliphatic carbocycles. The first-order chi connectivity index (χ1) is 13.3. The SMILES string of the molecule is Cc1cc(Cn2cc3c(NC(=O)[C@H](C)O)nccc3n2)cnc1OCC(F)F. The molecule has 3 rings (SSSR count). The molecule has 148 valence electrons. The molecule has 0 bridgehead atoms. The van der Waals surface area contributed by atoms with Gasteiger partial charge in [0.1, 0.15) is 11.9 Å². The Bertz CT molecular complexity index is 991. The summed E-state index contributed by atoms with van der Waals surface area (Å²) in [6.07, 6.45) is 1.05. The Morgan fingerprint density at radius 2 is 2.18 bits per heavy atom. The molecule has 0 aliphatic rings. The Morgan fingerprint density at radius 3 is 2.86 bits per heavy atom. The van der Waals surface area contributed by atoms with Crippen LogP contribution in [0.15, 0.2) is 30.7 Å². The number of anilines is 1. The van der Waals surface area contributed by atoms with Crippen molar-refractivity contribution in [2.24, 2.45) is 0 Å². The van der Waals surface area contributed by atoms with Crippen LogP contribution in [-0.2, 0) is 11.3 Å². The first-order valence-electron chi connectivity index (χ1n) is 8.51. The third-order valence-electron chi connectivity index (χ3n) is 3.88. The van der Waals surface area contributed by atoms with E-state index in [9.17, 15) is 18.7 Å². The van der Waals surface area contributed by atoms with Crippen LogP contribution in [0.3, 0.4) is 0 Å². The van der Waals surface area contributed by atoms with Gasteiger partial charge in [-0.25, -0.2) is 18.7 Å². The minimum Gasteiger partial charge on any atom is -0.471 e. The highest BCUT2D eigenvalue weighted by Gasteiger charge is 2.14. The van der Waals surface area contributed by atoms with Crippen molar-refractivity contribution >= 4 is 22.6 Å². The first-order valence-corrected chi connectivity index (χ1v) is 8.51. The monoisotopic (exact) mass is 391 g/mol. The summed E-state index contributed by atoms with van der Waals surface area (Å²) >= 11 is 0. The lowest BCUT2D eigenvalue weighted by Gasteiger charge is -2.09. The van der Waals surface area contributed by atoms with Crippen molar-refractivity contribution < 1.29 is 23.4 Å². The molecule has 0 aliphatic heterocycles. The zero-order valence-corrected chi connectivity index (χ0v) is 15.3. The fourth-order valence-corrected chi connectivity index (χ4v) is 2.58. The van der Waals surface area contributed by atoms with E-state index < -0.39 is 25.0 Å². The molecular formula is C18H19F2N5O3. The summed E-state index contributed by atoms with van der Waals surface area (Å²) in [5.41, 5.74) is 2.07. The van der Waals surface area contributed by atoms with E-state index in [1.54, 1.807) is 29.9 Å². The standard InChI is InChI=1S/C18H19F2N5O3/c1-10-5-12(6-22-18(10)28-9-15(19)20)7-25-8-13-14(24-25)3-4-21-16(13)23-17(27)11(2)26/h3-6,8,11,15,26H,7,9H2,1-2H3,(H,21,23,27)/t11-/m0/s1. The molecule has 1 amide bonds. The molecule has 10 heteroatoms. The normalized spacial score (nSPS) is 12.4. The first kappa shape index (κ1) is 19.6. The van der Waals surface area contributed by atoms with Gasteiger partial charge in [0.25, 0.3) is 12.3 Å². The molecule has 28 heavy (non-hydrogen) atoms. The number of pyridine rings is 2. The molecule has 3 heterocycles. The Kier molecular flexibility index (Phi) is 5.78. The predicted molar refractivity (Wildman–Crippen MR) is 97.4 cm³/mol. The molecule has 2 N–H and O–H groups in total. The zero-order chi connectivity index (χ0) is 20.3. The van der Waals surface area contributed by atoms with Crippen molar-refractivity contribution in [3.05, 3.63) is 41.9 Å². The van der Waals surface area contributed by atoms with Gasteiger partial charge in [-0.2, -0.15) is 5.10 Å². The summed E-state index contributed by atoms with van der Waals surface area (Å²) in [4.78, 5) is 19.9. The molecule has 0 aromatic carbocycles. The number of aryl methyl sites for hydroxylation is 1. The van der Waals surface area contributed by atoms with E-state index in [-0.39, 0.29) is 5.88 Å². The van der Waals surface area contributed by atoms with Crippen LogP contribution in [0.2, 0.25) is 0 Å². The molecule has 0 unspecified atom stereocenters. The molecule has 0 saturated heterocycles. The second-order valence-corrected chi connectivity index (χ2v) is 6.25. The van der Waals surface area contributed by atoms with Crippen LogP contribution in [0.4, 0.5) is 14.6 Å². The van der Waals surface area contributed by atoms with Crippen molar-refractivity contribution in [1.82, 2.24) is 19.7 Å². The molecular weight excluding hydrogens is 372 g/mol. The Labute approximate surface area is 159 Å². The number of rotatable bonds is 7. The van der Waals surface area contributed by atoms with Gasteiger partial charge in [0.15, 0.2) is 6.61 Å². The number of amides is 1. The summed E-state index contributed by atoms with van der Waals surface area (Å²) in [5, 5.41) is 17.0. The molecule has 0 saturated carbocycles. The maximum atomic E-state index is 12.3. The van der Waals surface area contributed by atoms with Gasteiger partial charge in [-0.1, -0.05) is 0 Å². The number of nitrogens with zero attached hydrogens (tertiary/aromatic N) is 4. The van der Waals surface area contributed by atoms with Gasteiger partial charge in [-0.15, -0.1) is 0 Å². The highest BCUT2D eigenvalue weighted by molar-refractivity contribution is 6.00. The Hall–Kier alpha value is -3.14.